The number of aromatic nitrogens is 1. The summed E-state index contributed by atoms with van der Waals surface area (Å²) in [6.07, 6.45) is 5.98. The molecule has 0 aromatic carbocycles. The molecule has 2 rings (SSSR count). The fourth-order valence-corrected chi connectivity index (χ4v) is 3.44. The second-order valence-electron chi connectivity index (χ2n) is 4.41. The molecule has 98 valence electrons. The second kappa shape index (κ2) is 6.04. The first-order chi connectivity index (χ1) is 8.70. The van der Waals surface area contributed by atoms with E-state index in [-0.39, 0.29) is 10.6 Å². The lowest BCUT2D eigenvalue weighted by atomic mass is 10.0. The second-order valence-corrected chi connectivity index (χ2v) is 5.69. The van der Waals surface area contributed by atoms with Crippen LogP contribution in [0.15, 0.2) is 17.2 Å². The summed E-state index contributed by atoms with van der Waals surface area (Å²) in [6, 6.07) is 3.17. The molecular formula is C12H17N3O2S. The van der Waals surface area contributed by atoms with Gasteiger partial charge in [0, 0.05) is 18.4 Å². The van der Waals surface area contributed by atoms with Crippen LogP contribution in [0.5, 0.6) is 0 Å². The molecule has 1 fully saturated rings. The van der Waals surface area contributed by atoms with Gasteiger partial charge in [-0.15, -0.1) is 0 Å². The maximum absolute atomic E-state index is 11.0. The number of nitrogens with zero attached hydrogens (tertiary/aromatic N) is 2. The Kier molecular flexibility index (Phi) is 4.41. The first-order valence-electron chi connectivity index (χ1n) is 6.20. The molecule has 1 saturated carbocycles. The van der Waals surface area contributed by atoms with Crippen LogP contribution in [-0.4, -0.2) is 22.2 Å². The van der Waals surface area contributed by atoms with Gasteiger partial charge in [-0.25, -0.2) is 4.98 Å². The molecule has 1 heterocycles. The van der Waals surface area contributed by atoms with Gasteiger partial charge in [-0.05, 0) is 18.9 Å². The molecule has 0 bridgehead atoms. The molecule has 1 aromatic heterocycles. The van der Waals surface area contributed by atoms with Crippen LogP contribution in [0.1, 0.15) is 32.1 Å². The van der Waals surface area contributed by atoms with E-state index in [0.717, 1.165) is 12.8 Å². The van der Waals surface area contributed by atoms with Crippen LogP contribution >= 0.6 is 11.8 Å². The predicted molar refractivity (Wildman–Crippen MR) is 73.2 cm³/mol. The molecule has 0 unspecified atom stereocenters. The predicted octanol–water partition coefficient (Wildman–Crippen LogP) is 3.46. The number of hydrogen-bond donors (Lipinski definition) is 1. The highest BCUT2D eigenvalue weighted by Gasteiger charge is 2.22. The van der Waals surface area contributed by atoms with Crippen LogP contribution in [0.25, 0.3) is 0 Å². The fourth-order valence-electron chi connectivity index (χ4n) is 2.14. The van der Waals surface area contributed by atoms with E-state index < -0.39 is 0 Å². The number of thioether (sulfide) groups is 1. The highest BCUT2D eigenvalue weighted by Crippen LogP contribution is 2.37. The van der Waals surface area contributed by atoms with Gasteiger partial charge in [0.2, 0.25) is 0 Å². The maximum atomic E-state index is 11.0. The van der Waals surface area contributed by atoms with E-state index in [0.29, 0.717) is 16.1 Å². The quantitative estimate of drug-likeness (QED) is 0.668. The molecule has 1 aliphatic rings. The largest absolute Gasteiger partial charge is 0.373 e. The Labute approximate surface area is 111 Å². The molecule has 0 amide bonds. The van der Waals surface area contributed by atoms with E-state index in [1.807, 2.05) is 0 Å². The van der Waals surface area contributed by atoms with Gasteiger partial charge in [0.1, 0.15) is 5.82 Å². The molecule has 1 aromatic rings. The Balaban J connectivity index is 2.19. The summed E-state index contributed by atoms with van der Waals surface area (Å²) >= 11 is 1.56. The average Bonchev–Trinajstić information content (AvgIpc) is 2.39. The Hall–Kier alpha value is -1.30. The van der Waals surface area contributed by atoms with E-state index in [9.17, 15) is 10.1 Å². The topological polar surface area (TPSA) is 68.1 Å². The lowest BCUT2D eigenvalue weighted by Gasteiger charge is -2.20. The summed E-state index contributed by atoms with van der Waals surface area (Å²) in [7, 11) is 1.77. The first kappa shape index (κ1) is 13.1. The third-order valence-corrected chi connectivity index (χ3v) is 4.45. The molecule has 0 aliphatic heterocycles. The zero-order valence-electron chi connectivity index (χ0n) is 10.4. The summed E-state index contributed by atoms with van der Waals surface area (Å²) in [5.41, 5.74) is 0.115. The minimum absolute atomic E-state index is 0.115. The van der Waals surface area contributed by atoms with Crippen molar-refractivity contribution >= 4 is 23.3 Å². The van der Waals surface area contributed by atoms with E-state index in [1.165, 1.54) is 25.3 Å². The number of anilines is 1. The van der Waals surface area contributed by atoms with Gasteiger partial charge in [-0.3, -0.25) is 10.1 Å². The summed E-state index contributed by atoms with van der Waals surface area (Å²) in [5.74, 6) is 0.680. The normalized spacial score (nSPS) is 16.5. The van der Waals surface area contributed by atoms with Gasteiger partial charge in [0.15, 0.2) is 5.03 Å². The van der Waals surface area contributed by atoms with Crippen molar-refractivity contribution in [3.8, 4) is 0 Å². The molecule has 18 heavy (non-hydrogen) atoms. The van der Waals surface area contributed by atoms with Crippen LogP contribution in [-0.2, 0) is 0 Å². The molecule has 6 heteroatoms. The standard InChI is InChI=1S/C12H17N3O2S/c1-13-11-8-7-10(15(16)17)12(14-11)18-9-5-3-2-4-6-9/h7-9H,2-6H2,1H3,(H,13,14). The SMILES string of the molecule is CNc1ccc([N+](=O)[O-])c(SC2CCCCC2)n1. The molecule has 1 aliphatic carbocycles. The highest BCUT2D eigenvalue weighted by molar-refractivity contribution is 8.00. The van der Waals surface area contributed by atoms with Crippen LogP contribution in [0, 0.1) is 10.1 Å². The summed E-state index contributed by atoms with van der Waals surface area (Å²) in [4.78, 5) is 15.0. The third-order valence-electron chi connectivity index (χ3n) is 3.12. The number of nitro groups is 1. The molecule has 0 spiro atoms. The van der Waals surface area contributed by atoms with Gasteiger partial charge in [-0.2, -0.15) is 0 Å². The zero-order valence-corrected chi connectivity index (χ0v) is 11.2. The van der Waals surface area contributed by atoms with Crippen molar-refractivity contribution in [1.82, 2.24) is 4.98 Å². The van der Waals surface area contributed by atoms with Gasteiger partial charge >= 0.3 is 5.69 Å². The molecule has 0 saturated heterocycles. The van der Waals surface area contributed by atoms with Crippen molar-refractivity contribution < 1.29 is 4.92 Å². The van der Waals surface area contributed by atoms with Crippen molar-refractivity contribution in [2.75, 3.05) is 12.4 Å². The fraction of sp³-hybridized carbons (Fsp3) is 0.583. The molecule has 0 atom stereocenters. The monoisotopic (exact) mass is 267 g/mol. The van der Waals surface area contributed by atoms with Gasteiger partial charge in [0.25, 0.3) is 0 Å². The smallest absolute Gasteiger partial charge is 0.301 e. The lowest BCUT2D eigenvalue weighted by molar-refractivity contribution is -0.388. The van der Waals surface area contributed by atoms with E-state index in [2.05, 4.69) is 10.3 Å². The minimum atomic E-state index is -0.350. The summed E-state index contributed by atoms with van der Waals surface area (Å²) < 4.78 is 0. The Bertz CT molecular complexity index is 433. The van der Waals surface area contributed by atoms with Gasteiger partial charge < -0.3 is 5.32 Å². The van der Waals surface area contributed by atoms with Crippen LogP contribution in [0.3, 0.4) is 0 Å². The summed E-state index contributed by atoms with van der Waals surface area (Å²) in [5, 5.41) is 14.9. The van der Waals surface area contributed by atoms with E-state index in [4.69, 9.17) is 0 Å². The Morgan fingerprint density at radius 3 is 2.72 bits per heavy atom. The lowest BCUT2D eigenvalue weighted by Crippen LogP contribution is -2.09. The molecule has 1 N–H and O–H groups in total. The Morgan fingerprint density at radius 1 is 1.39 bits per heavy atom. The number of pyridine rings is 1. The minimum Gasteiger partial charge on any atom is -0.373 e. The van der Waals surface area contributed by atoms with Crippen molar-refractivity contribution in [1.29, 1.82) is 0 Å². The van der Waals surface area contributed by atoms with E-state index >= 15 is 0 Å². The maximum Gasteiger partial charge on any atom is 0.301 e. The molecule has 0 radical (unpaired) electrons. The molecular weight excluding hydrogens is 250 g/mol. The van der Waals surface area contributed by atoms with Crippen molar-refractivity contribution in [2.24, 2.45) is 0 Å². The third kappa shape index (κ3) is 3.13. The Morgan fingerprint density at radius 2 is 2.11 bits per heavy atom. The number of nitrogens with one attached hydrogen (secondary N) is 1. The van der Waals surface area contributed by atoms with Crippen LogP contribution in [0.2, 0.25) is 0 Å². The highest BCUT2D eigenvalue weighted by atomic mass is 32.2. The average molecular weight is 267 g/mol. The number of hydrogen-bond acceptors (Lipinski definition) is 5. The first-order valence-corrected chi connectivity index (χ1v) is 7.08. The van der Waals surface area contributed by atoms with E-state index in [1.54, 1.807) is 24.9 Å². The van der Waals surface area contributed by atoms with Crippen LogP contribution in [0.4, 0.5) is 11.5 Å². The van der Waals surface area contributed by atoms with Crippen molar-refractivity contribution in [2.45, 2.75) is 42.4 Å². The van der Waals surface area contributed by atoms with Gasteiger partial charge in [0.05, 0.1) is 4.92 Å². The van der Waals surface area contributed by atoms with Crippen LogP contribution < -0.4 is 5.32 Å². The molecule has 5 nitrogen and oxygen atoms in total. The number of rotatable bonds is 4. The zero-order chi connectivity index (χ0) is 13.0. The van der Waals surface area contributed by atoms with Gasteiger partial charge in [-0.1, -0.05) is 31.0 Å². The van der Waals surface area contributed by atoms with Crippen molar-refractivity contribution in [3.05, 3.63) is 22.2 Å². The summed E-state index contributed by atoms with van der Waals surface area (Å²) in [6.45, 7) is 0. The van der Waals surface area contributed by atoms with Crippen molar-refractivity contribution in [3.63, 3.8) is 0 Å².